The molecule has 0 radical (unpaired) electrons. The van der Waals surface area contributed by atoms with Gasteiger partial charge >= 0.3 is 0 Å². The van der Waals surface area contributed by atoms with Crippen LogP contribution >= 0.6 is 11.3 Å². The fourth-order valence-corrected chi connectivity index (χ4v) is 3.66. The van der Waals surface area contributed by atoms with Crippen molar-refractivity contribution >= 4 is 28.3 Å². The molecule has 0 saturated heterocycles. The number of aromatic nitrogens is 3. The molecular weight excluding hydrogens is 372 g/mol. The first-order chi connectivity index (χ1) is 13.6. The number of rotatable bonds is 7. The van der Waals surface area contributed by atoms with E-state index in [0.29, 0.717) is 22.3 Å². The Balaban J connectivity index is 2.13. The van der Waals surface area contributed by atoms with Gasteiger partial charge in [-0.15, -0.1) is 11.3 Å². The molecule has 3 aromatic heterocycles. The monoisotopic (exact) mass is 392 g/mol. The van der Waals surface area contributed by atoms with E-state index in [2.05, 4.69) is 17.2 Å². The Morgan fingerprint density at radius 1 is 1.29 bits per heavy atom. The van der Waals surface area contributed by atoms with Gasteiger partial charge in [-0.1, -0.05) is 6.07 Å². The zero-order valence-electron chi connectivity index (χ0n) is 15.8. The average Bonchev–Trinajstić information content (AvgIpc) is 3.36. The third-order valence-corrected chi connectivity index (χ3v) is 5.23. The smallest absolute Gasteiger partial charge is 0.254 e. The molecule has 0 saturated carbocycles. The van der Waals surface area contributed by atoms with Gasteiger partial charge < -0.3 is 4.90 Å². The van der Waals surface area contributed by atoms with E-state index in [1.807, 2.05) is 31.4 Å². The largest absolute Gasteiger partial charge is 0.337 e. The Kier molecular flexibility index (Phi) is 6.03. The molecule has 0 aromatic carbocycles. The van der Waals surface area contributed by atoms with E-state index >= 15 is 0 Å². The molecule has 0 N–H and O–H groups in total. The first-order valence-electron chi connectivity index (χ1n) is 9.02. The Bertz CT molecular complexity index is 1040. The molecule has 0 bridgehead atoms. The van der Waals surface area contributed by atoms with Gasteiger partial charge in [-0.05, 0) is 31.4 Å². The van der Waals surface area contributed by atoms with Crippen molar-refractivity contribution < 1.29 is 4.79 Å². The minimum Gasteiger partial charge on any atom is -0.337 e. The van der Waals surface area contributed by atoms with Crippen molar-refractivity contribution in [3.05, 3.63) is 35.3 Å². The molecule has 0 fully saturated rings. The summed E-state index contributed by atoms with van der Waals surface area (Å²) in [6.45, 7) is 4.60. The average molecular weight is 392 g/mol. The highest BCUT2D eigenvalue weighted by Crippen LogP contribution is 2.29. The zero-order valence-corrected chi connectivity index (χ0v) is 16.6. The van der Waals surface area contributed by atoms with E-state index in [-0.39, 0.29) is 37.9 Å². The minimum absolute atomic E-state index is 0.0971. The fraction of sp³-hybridized carbons (Fsp3) is 0.350. The van der Waals surface area contributed by atoms with Crippen LogP contribution in [0.3, 0.4) is 0 Å². The van der Waals surface area contributed by atoms with E-state index in [4.69, 9.17) is 15.5 Å². The van der Waals surface area contributed by atoms with Crippen molar-refractivity contribution in [2.24, 2.45) is 0 Å². The lowest BCUT2D eigenvalue weighted by atomic mass is 10.1. The second-order valence-corrected chi connectivity index (χ2v) is 7.51. The highest BCUT2D eigenvalue weighted by atomic mass is 32.1. The molecule has 3 heterocycles. The Morgan fingerprint density at radius 2 is 2.00 bits per heavy atom. The maximum atomic E-state index is 13.3. The van der Waals surface area contributed by atoms with Crippen LogP contribution in [0.15, 0.2) is 29.8 Å². The predicted molar refractivity (Wildman–Crippen MR) is 108 cm³/mol. The number of hydrogen-bond donors (Lipinski definition) is 0. The highest BCUT2D eigenvalue weighted by molar-refractivity contribution is 7.13. The summed E-state index contributed by atoms with van der Waals surface area (Å²) in [6, 6.07) is 9.93. The normalized spacial score (nSPS) is 10.8. The van der Waals surface area contributed by atoms with Gasteiger partial charge in [-0.3, -0.25) is 4.79 Å². The summed E-state index contributed by atoms with van der Waals surface area (Å²) in [5.41, 5.74) is 1.87. The number of fused-ring (bicyclic) bond motifs is 1. The van der Waals surface area contributed by atoms with Crippen LogP contribution in [0.4, 0.5) is 0 Å². The molecule has 0 unspecified atom stereocenters. The van der Waals surface area contributed by atoms with Crippen molar-refractivity contribution in [3.8, 4) is 22.7 Å². The second-order valence-electron chi connectivity index (χ2n) is 6.56. The Hall–Kier alpha value is -3.23. The van der Waals surface area contributed by atoms with Crippen molar-refractivity contribution in [3.63, 3.8) is 0 Å². The molecule has 0 aliphatic carbocycles. The van der Waals surface area contributed by atoms with E-state index in [0.717, 1.165) is 4.88 Å². The van der Waals surface area contributed by atoms with Crippen LogP contribution in [0.1, 0.15) is 43.1 Å². The summed E-state index contributed by atoms with van der Waals surface area (Å²) in [5.74, 6) is -0.209. The summed E-state index contributed by atoms with van der Waals surface area (Å²) < 4.78 is 1.80. The Morgan fingerprint density at radius 3 is 2.57 bits per heavy atom. The molecule has 7 nitrogen and oxygen atoms in total. The first-order valence-corrected chi connectivity index (χ1v) is 9.90. The van der Waals surface area contributed by atoms with Gasteiger partial charge in [0, 0.05) is 19.1 Å². The summed E-state index contributed by atoms with van der Waals surface area (Å²) in [4.78, 5) is 20.6. The zero-order chi connectivity index (χ0) is 20.1. The summed E-state index contributed by atoms with van der Waals surface area (Å²) in [7, 11) is 0. The van der Waals surface area contributed by atoms with Crippen molar-refractivity contribution in [2.75, 3.05) is 13.1 Å². The molecule has 142 valence electrons. The summed E-state index contributed by atoms with van der Waals surface area (Å²) in [5, 5.41) is 24.9. The van der Waals surface area contributed by atoms with Gasteiger partial charge in [0.2, 0.25) is 0 Å². The van der Waals surface area contributed by atoms with Gasteiger partial charge in [0.15, 0.2) is 5.65 Å². The number of nitriles is 2. The topological polar surface area (TPSA) is 98.6 Å². The Labute approximate surface area is 167 Å². The quantitative estimate of drug-likeness (QED) is 0.605. The van der Waals surface area contributed by atoms with Crippen LogP contribution in [0.5, 0.6) is 0 Å². The number of amides is 1. The van der Waals surface area contributed by atoms with Crippen LogP contribution in [0.2, 0.25) is 0 Å². The summed E-state index contributed by atoms with van der Waals surface area (Å²) >= 11 is 1.55. The molecule has 3 rings (SSSR count). The lowest BCUT2D eigenvalue weighted by Gasteiger charge is -2.21. The predicted octanol–water partition coefficient (Wildman–Crippen LogP) is 4.01. The highest BCUT2D eigenvalue weighted by Gasteiger charge is 2.22. The van der Waals surface area contributed by atoms with E-state index < -0.39 is 0 Å². The number of hydrogen-bond acceptors (Lipinski definition) is 6. The molecule has 8 heteroatoms. The van der Waals surface area contributed by atoms with Crippen LogP contribution in [0, 0.1) is 22.7 Å². The summed E-state index contributed by atoms with van der Waals surface area (Å²) in [6.07, 6.45) is 2.10. The maximum Gasteiger partial charge on any atom is 0.254 e. The molecule has 3 aromatic rings. The number of pyridine rings is 1. The molecule has 0 aliphatic rings. The van der Waals surface area contributed by atoms with Crippen LogP contribution in [-0.4, -0.2) is 38.7 Å². The van der Waals surface area contributed by atoms with Crippen LogP contribution in [0.25, 0.3) is 21.6 Å². The van der Waals surface area contributed by atoms with Crippen molar-refractivity contribution in [1.29, 1.82) is 10.5 Å². The molecule has 28 heavy (non-hydrogen) atoms. The van der Waals surface area contributed by atoms with Gasteiger partial charge in [0.05, 0.1) is 52.7 Å². The number of nitrogens with zero attached hydrogens (tertiary/aromatic N) is 6. The van der Waals surface area contributed by atoms with Crippen molar-refractivity contribution in [2.45, 2.75) is 32.7 Å². The van der Waals surface area contributed by atoms with Gasteiger partial charge in [-0.25, -0.2) is 9.67 Å². The van der Waals surface area contributed by atoms with Gasteiger partial charge in [0.1, 0.15) is 0 Å². The maximum absolute atomic E-state index is 13.3. The van der Waals surface area contributed by atoms with Gasteiger partial charge in [-0.2, -0.15) is 15.6 Å². The van der Waals surface area contributed by atoms with Crippen LogP contribution < -0.4 is 0 Å². The number of thiophene rings is 1. The van der Waals surface area contributed by atoms with E-state index in [1.165, 1.54) is 0 Å². The third-order valence-electron chi connectivity index (χ3n) is 4.33. The lowest BCUT2D eigenvalue weighted by Crippen LogP contribution is -2.33. The number of carbonyl (C=O) groups excluding carboxylic acids is 1. The lowest BCUT2D eigenvalue weighted by molar-refractivity contribution is 0.0764. The molecule has 0 spiro atoms. The minimum atomic E-state index is -0.209. The van der Waals surface area contributed by atoms with E-state index in [1.54, 1.807) is 33.2 Å². The second kappa shape index (κ2) is 8.64. The first kappa shape index (κ1) is 19.5. The van der Waals surface area contributed by atoms with Crippen molar-refractivity contribution in [1.82, 2.24) is 19.7 Å². The fourth-order valence-electron chi connectivity index (χ4n) is 2.98. The SMILES string of the molecule is CC(C)n1ncc2c(C(=O)N(CCC#N)CCC#N)cc(-c3cccs3)nc21. The third kappa shape index (κ3) is 3.88. The van der Waals surface area contributed by atoms with Crippen LogP contribution in [-0.2, 0) is 0 Å². The number of carbonyl (C=O) groups is 1. The molecular formula is C20H20N6OS. The standard InChI is InChI=1S/C20H20N6OS/c1-14(2)26-19-16(13-23-26)15(12-17(24-19)18-6-3-11-28-18)20(27)25(9-4-7-21)10-5-8-22/h3,6,11-14H,4-5,9-10H2,1-2H3. The van der Waals surface area contributed by atoms with Gasteiger partial charge in [0.25, 0.3) is 5.91 Å². The molecule has 0 atom stereocenters. The van der Waals surface area contributed by atoms with E-state index in [9.17, 15) is 4.79 Å². The molecule has 0 aliphatic heterocycles. The molecule has 1 amide bonds.